The number of benzene rings is 2. The van der Waals surface area contributed by atoms with Gasteiger partial charge in [0.25, 0.3) is 5.91 Å². The van der Waals surface area contributed by atoms with Gasteiger partial charge in [0, 0.05) is 34.1 Å². The van der Waals surface area contributed by atoms with E-state index in [0.717, 1.165) is 23.5 Å². The minimum atomic E-state index is -0.393. The monoisotopic (exact) mass is 481 g/mol. The standard InChI is InChI=1S/C25H28ClN5O3/c1-5-31-17(4)22(16(3)30-31)15-27-25(29-23(32)19-8-7-9-20(26)14-19)28-21-12-10-18(11-13-21)24(33)34-6-2/h7-14H,5-6,15H2,1-4H3,(H2,27,28,29,32). The molecule has 3 rings (SSSR count). The van der Waals surface area contributed by atoms with Crippen molar-refractivity contribution in [1.82, 2.24) is 15.1 Å². The SMILES string of the molecule is CCOC(=O)c1ccc(NC(=NCc2c(C)nn(CC)c2C)NC(=O)c2cccc(Cl)c2)cc1. The summed E-state index contributed by atoms with van der Waals surface area (Å²) in [7, 11) is 0. The van der Waals surface area contributed by atoms with Gasteiger partial charge >= 0.3 is 5.97 Å². The zero-order chi connectivity index (χ0) is 24.7. The largest absolute Gasteiger partial charge is 0.462 e. The molecule has 178 valence electrons. The van der Waals surface area contributed by atoms with E-state index in [4.69, 9.17) is 16.3 Å². The van der Waals surface area contributed by atoms with E-state index >= 15 is 0 Å². The van der Waals surface area contributed by atoms with Crippen molar-refractivity contribution in [3.05, 3.63) is 81.6 Å². The van der Waals surface area contributed by atoms with Gasteiger partial charge in [-0.25, -0.2) is 9.79 Å². The molecule has 1 amide bonds. The second kappa shape index (κ2) is 11.5. The van der Waals surface area contributed by atoms with Crippen molar-refractivity contribution in [2.45, 2.75) is 40.8 Å². The molecular formula is C25H28ClN5O3. The van der Waals surface area contributed by atoms with Gasteiger partial charge < -0.3 is 10.1 Å². The zero-order valence-corrected chi connectivity index (χ0v) is 20.4. The summed E-state index contributed by atoms with van der Waals surface area (Å²) in [5.74, 6) is -0.484. The molecule has 0 spiro atoms. The number of rotatable bonds is 7. The molecule has 0 saturated carbocycles. The number of carbonyl (C=O) groups is 2. The third kappa shape index (κ3) is 6.23. The fraction of sp³-hybridized carbons (Fsp3) is 0.280. The summed E-state index contributed by atoms with van der Waals surface area (Å²) in [4.78, 5) is 29.4. The van der Waals surface area contributed by atoms with E-state index in [2.05, 4.69) is 20.7 Å². The van der Waals surface area contributed by atoms with Crippen LogP contribution < -0.4 is 10.6 Å². The Balaban J connectivity index is 1.85. The summed E-state index contributed by atoms with van der Waals surface area (Å²) >= 11 is 6.04. The Hall–Kier alpha value is -3.65. The molecule has 1 aromatic heterocycles. The molecule has 0 aliphatic heterocycles. The molecule has 0 saturated heterocycles. The summed E-state index contributed by atoms with van der Waals surface area (Å²) in [6.07, 6.45) is 0. The van der Waals surface area contributed by atoms with Crippen LogP contribution in [-0.4, -0.2) is 34.2 Å². The predicted octanol–water partition coefficient (Wildman–Crippen LogP) is 4.75. The van der Waals surface area contributed by atoms with E-state index in [0.29, 0.717) is 35.0 Å². The Labute approximate surface area is 204 Å². The predicted molar refractivity (Wildman–Crippen MR) is 133 cm³/mol. The molecule has 0 bridgehead atoms. The molecule has 0 aliphatic rings. The van der Waals surface area contributed by atoms with Crippen LogP contribution in [0, 0.1) is 13.8 Å². The van der Waals surface area contributed by atoms with Crippen molar-refractivity contribution in [2.24, 2.45) is 4.99 Å². The number of amides is 1. The molecule has 0 fully saturated rings. The molecule has 0 radical (unpaired) electrons. The Morgan fingerprint density at radius 3 is 2.44 bits per heavy atom. The molecular weight excluding hydrogens is 454 g/mol. The van der Waals surface area contributed by atoms with Crippen LogP contribution in [0.25, 0.3) is 0 Å². The maximum Gasteiger partial charge on any atom is 0.338 e. The number of ether oxygens (including phenoxy) is 1. The average molecular weight is 482 g/mol. The lowest BCUT2D eigenvalue weighted by Crippen LogP contribution is -2.36. The number of aromatic nitrogens is 2. The highest BCUT2D eigenvalue weighted by molar-refractivity contribution is 6.31. The quantitative estimate of drug-likeness (QED) is 0.288. The van der Waals surface area contributed by atoms with E-state index < -0.39 is 5.97 Å². The summed E-state index contributed by atoms with van der Waals surface area (Å²) in [5, 5.41) is 10.9. The van der Waals surface area contributed by atoms with Gasteiger partial charge in [-0.1, -0.05) is 17.7 Å². The molecule has 0 atom stereocenters. The van der Waals surface area contributed by atoms with Crippen molar-refractivity contribution in [1.29, 1.82) is 0 Å². The highest BCUT2D eigenvalue weighted by Crippen LogP contribution is 2.16. The molecule has 2 aromatic carbocycles. The number of aliphatic imine (C=N–C) groups is 1. The van der Waals surface area contributed by atoms with Crippen molar-refractivity contribution in [2.75, 3.05) is 11.9 Å². The average Bonchev–Trinajstić information content (AvgIpc) is 3.10. The third-order valence-electron chi connectivity index (χ3n) is 5.20. The highest BCUT2D eigenvalue weighted by Gasteiger charge is 2.14. The van der Waals surface area contributed by atoms with Gasteiger partial charge in [-0.2, -0.15) is 5.10 Å². The topological polar surface area (TPSA) is 97.6 Å². The third-order valence-corrected chi connectivity index (χ3v) is 5.44. The maximum atomic E-state index is 12.8. The molecule has 0 unspecified atom stereocenters. The number of carbonyl (C=O) groups excluding carboxylic acids is 2. The second-order valence-corrected chi connectivity index (χ2v) is 7.95. The van der Waals surface area contributed by atoms with Crippen LogP contribution in [0.2, 0.25) is 5.02 Å². The highest BCUT2D eigenvalue weighted by atomic mass is 35.5. The van der Waals surface area contributed by atoms with Gasteiger partial charge in [-0.15, -0.1) is 0 Å². The first-order valence-electron chi connectivity index (χ1n) is 11.0. The summed E-state index contributed by atoms with van der Waals surface area (Å²) in [5.41, 5.74) is 4.41. The molecule has 0 aliphatic carbocycles. The van der Waals surface area contributed by atoms with Crippen LogP contribution in [0.15, 0.2) is 53.5 Å². The molecule has 1 heterocycles. The minimum absolute atomic E-state index is 0.261. The Bertz CT molecular complexity index is 1200. The normalized spacial score (nSPS) is 11.3. The van der Waals surface area contributed by atoms with E-state index in [1.165, 1.54) is 0 Å². The summed E-state index contributed by atoms with van der Waals surface area (Å²) in [6, 6.07) is 13.4. The smallest absolute Gasteiger partial charge is 0.338 e. The number of aryl methyl sites for hydroxylation is 2. The van der Waals surface area contributed by atoms with Crippen molar-refractivity contribution in [3.63, 3.8) is 0 Å². The maximum absolute atomic E-state index is 12.8. The number of hydrogen-bond acceptors (Lipinski definition) is 5. The molecule has 9 heteroatoms. The van der Waals surface area contributed by atoms with Gasteiger partial charge in [0.05, 0.1) is 24.4 Å². The number of guanidine groups is 1. The first-order valence-corrected chi connectivity index (χ1v) is 11.4. The van der Waals surface area contributed by atoms with Gasteiger partial charge in [0.1, 0.15) is 0 Å². The first-order chi connectivity index (χ1) is 16.3. The zero-order valence-electron chi connectivity index (χ0n) is 19.7. The second-order valence-electron chi connectivity index (χ2n) is 7.52. The van der Waals surface area contributed by atoms with Gasteiger partial charge in [0.2, 0.25) is 5.96 Å². The lowest BCUT2D eigenvalue weighted by molar-refractivity contribution is 0.0526. The fourth-order valence-electron chi connectivity index (χ4n) is 3.39. The van der Waals surface area contributed by atoms with Crippen LogP contribution in [0.5, 0.6) is 0 Å². The Morgan fingerprint density at radius 2 is 1.82 bits per heavy atom. The van der Waals surface area contributed by atoms with Gasteiger partial charge in [0.15, 0.2) is 0 Å². The molecule has 3 aromatic rings. The van der Waals surface area contributed by atoms with E-state index in [-0.39, 0.29) is 11.9 Å². The van der Waals surface area contributed by atoms with Gasteiger partial charge in [-0.05, 0) is 70.2 Å². The van der Waals surface area contributed by atoms with Crippen LogP contribution in [0.1, 0.15) is 51.5 Å². The molecule has 34 heavy (non-hydrogen) atoms. The van der Waals surface area contributed by atoms with Crippen molar-refractivity contribution >= 4 is 35.1 Å². The Kier molecular flexibility index (Phi) is 8.43. The van der Waals surface area contributed by atoms with E-state index in [9.17, 15) is 9.59 Å². The van der Waals surface area contributed by atoms with Crippen molar-refractivity contribution in [3.8, 4) is 0 Å². The number of hydrogen-bond donors (Lipinski definition) is 2. The van der Waals surface area contributed by atoms with E-state index in [1.54, 1.807) is 55.5 Å². The first kappa shape index (κ1) is 25.0. The number of nitrogens with zero attached hydrogens (tertiary/aromatic N) is 3. The lowest BCUT2D eigenvalue weighted by atomic mass is 10.2. The molecule has 8 nitrogen and oxygen atoms in total. The number of anilines is 1. The van der Waals surface area contributed by atoms with Gasteiger partial charge in [-0.3, -0.25) is 14.8 Å². The number of nitrogens with one attached hydrogen (secondary N) is 2. The fourth-order valence-corrected chi connectivity index (χ4v) is 3.58. The minimum Gasteiger partial charge on any atom is -0.462 e. The number of esters is 1. The van der Waals surface area contributed by atoms with Crippen LogP contribution in [-0.2, 0) is 17.8 Å². The van der Waals surface area contributed by atoms with Crippen LogP contribution in [0.4, 0.5) is 5.69 Å². The number of halogens is 1. The van der Waals surface area contributed by atoms with E-state index in [1.807, 2.05) is 25.5 Å². The van der Waals surface area contributed by atoms with Crippen molar-refractivity contribution < 1.29 is 14.3 Å². The van der Waals surface area contributed by atoms with Crippen LogP contribution >= 0.6 is 11.6 Å². The Morgan fingerprint density at radius 1 is 1.09 bits per heavy atom. The van der Waals surface area contributed by atoms with Crippen LogP contribution in [0.3, 0.4) is 0 Å². The summed E-state index contributed by atoms with van der Waals surface area (Å²) in [6.45, 7) is 9.13. The molecule has 2 N–H and O–H groups in total. The summed E-state index contributed by atoms with van der Waals surface area (Å²) < 4.78 is 6.95. The lowest BCUT2D eigenvalue weighted by Gasteiger charge is -2.13.